The molecule has 0 spiro atoms. The number of hydrogen-bond acceptors (Lipinski definition) is 5. The summed E-state index contributed by atoms with van der Waals surface area (Å²) in [7, 11) is 0. The van der Waals surface area contributed by atoms with E-state index >= 15 is 0 Å². The van der Waals surface area contributed by atoms with Crippen LogP contribution >= 0.6 is 0 Å². The molecule has 0 radical (unpaired) electrons. The Morgan fingerprint density at radius 3 is 2.70 bits per heavy atom. The predicted molar refractivity (Wildman–Crippen MR) is 75.3 cm³/mol. The number of nitrogens with two attached hydrogens (primary N) is 1. The first-order valence-electron chi connectivity index (χ1n) is 6.41. The predicted octanol–water partition coefficient (Wildman–Crippen LogP) is 1.18. The number of carbonyl (C=O) groups is 1. The van der Waals surface area contributed by atoms with Gasteiger partial charge in [0, 0.05) is 18.3 Å². The lowest BCUT2D eigenvalue weighted by molar-refractivity contribution is -0.385. The van der Waals surface area contributed by atoms with E-state index in [4.69, 9.17) is 5.73 Å². The van der Waals surface area contributed by atoms with Crippen molar-refractivity contribution in [3.63, 3.8) is 0 Å². The normalized spacial score (nSPS) is 10.3. The van der Waals surface area contributed by atoms with E-state index in [0.29, 0.717) is 12.2 Å². The van der Waals surface area contributed by atoms with Crippen molar-refractivity contribution in [2.45, 2.75) is 26.4 Å². The van der Waals surface area contributed by atoms with E-state index in [0.717, 1.165) is 12.8 Å². The maximum Gasteiger partial charge on any atom is 0.275 e. The quantitative estimate of drug-likeness (QED) is 0.549. The van der Waals surface area contributed by atoms with Crippen LogP contribution in [0.25, 0.3) is 0 Å². The highest BCUT2D eigenvalue weighted by Gasteiger charge is 2.16. The number of anilines is 1. The number of carbonyl (C=O) groups excluding carboxylic acids is 1. The average Bonchev–Trinajstić information content (AvgIpc) is 2.42. The SMILES string of the molecule is CCCCN(CC(N)=O)c1ccc([N+](=O)[O-])c(CO)c1. The van der Waals surface area contributed by atoms with Gasteiger partial charge >= 0.3 is 0 Å². The summed E-state index contributed by atoms with van der Waals surface area (Å²) in [6, 6.07) is 4.42. The molecule has 0 heterocycles. The molecule has 0 fully saturated rings. The molecule has 0 aliphatic carbocycles. The van der Waals surface area contributed by atoms with Crippen molar-refractivity contribution in [3.05, 3.63) is 33.9 Å². The Kier molecular flexibility index (Phi) is 5.92. The van der Waals surface area contributed by atoms with Crippen LogP contribution in [-0.2, 0) is 11.4 Å². The molecule has 20 heavy (non-hydrogen) atoms. The lowest BCUT2D eigenvalue weighted by Gasteiger charge is -2.23. The van der Waals surface area contributed by atoms with Crippen LogP contribution in [0.2, 0.25) is 0 Å². The van der Waals surface area contributed by atoms with E-state index in [-0.39, 0.29) is 17.8 Å². The van der Waals surface area contributed by atoms with Crippen molar-refractivity contribution in [1.82, 2.24) is 0 Å². The first-order chi connectivity index (χ1) is 9.49. The summed E-state index contributed by atoms with van der Waals surface area (Å²) >= 11 is 0. The minimum Gasteiger partial charge on any atom is -0.391 e. The van der Waals surface area contributed by atoms with Crippen LogP contribution < -0.4 is 10.6 Å². The van der Waals surface area contributed by atoms with Crippen LogP contribution in [0.3, 0.4) is 0 Å². The number of nitro groups is 1. The highest BCUT2D eigenvalue weighted by Crippen LogP contribution is 2.25. The van der Waals surface area contributed by atoms with Crippen LogP contribution in [0.15, 0.2) is 18.2 Å². The number of aliphatic hydroxyl groups is 1. The molecule has 0 atom stereocenters. The number of amides is 1. The molecule has 1 amide bonds. The molecular weight excluding hydrogens is 262 g/mol. The number of nitro benzene ring substituents is 1. The van der Waals surface area contributed by atoms with Gasteiger partial charge in [-0.05, 0) is 18.6 Å². The van der Waals surface area contributed by atoms with E-state index in [1.54, 1.807) is 11.0 Å². The van der Waals surface area contributed by atoms with E-state index < -0.39 is 17.4 Å². The van der Waals surface area contributed by atoms with Gasteiger partial charge in [0.1, 0.15) is 0 Å². The Hall–Kier alpha value is -2.15. The van der Waals surface area contributed by atoms with Crippen molar-refractivity contribution in [2.24, 2.45) is 5.73 Å². The average molecular weight is 281 g/mol. The molecule has 110 valence electrons. The van der Waals surface area contributed by atoms with Crippen LogP contribution in [0, 0.1) is 10.1 Å². The van der Waals surface area contributed by atoms with E-state index in [1.165, 1.54) is 12.1 Å². The number of aliphatic hydroxyl groups excluding tert-OH is 1. The van der Waals surface area contributed by atoms with Gasteiger partial charge in [0.05, 0.1) is 23.6 Å². The Bertz CT molecular complexity index is 491. The molecule has 0 aromatic heterocycles. The van der Waals surface area contributed by atoms with Crippen molar-refractivity contribution in [2.75, 3.05) is 18.0 Å². The topological polar surface area (TPSA) is 110 Å². The van der Waals surface area contributed by atoms with Gasteiger partial charge in [-0.3, -0.25) is 14.9 Å². The zero-order valence-electron chi connectivity index (χ0n) is 11.4. The minimum atomic E-state index is -0.542. The van der Waals surface area contributed by atoms with Crippen molar-refractivity contribution in [3.8, 4) is 0 Å². The summed E-state index contributed by atoms with van der Waals surface area (Å²) < 4.78 is 0. The molecule has 3 N–H and O–H groups in total. The number of hydrogen-bond donors (Lipinski definition) is 2. The van der Waals surface area contributed by atoms with Crippen molar-refractivity contribution < 1.29 is 14.8 Å². The molecule has 1 aromatic carbocycles. The van der Waals surface area contributed by atoms with E-state index in [2.05, 4.69) is 0 Å². The maximum absolute atomic E-state index is 11.1. The summed E-state index contributed by atoms with van der Waals surface area (Å²) in [5.74, 6) is -0.468. The summed E-state index contributed by atoms with van der Waals surface area (Å²) in [6.45, 7) is 2.27. The van der Waals surface area contributed by atoms with Gasteiger partial charge in [-0.25, -0.2) is 0 Å². The lowest BCUT2D eigenvalue weighted by atomic mass is 10.1. The third-order valence-electron chi connectivity index (χ3n) is 2.92. The van der Waals surface area contributed by atoms with Crippen LogP contribution in [0.1, 0.15) is 25.3 Å². The fourth-order valence-corrected chi connectivity index (χ4v) is 1.91. The number of primary amides is 1. The van der Waals surface area contributed by atoms with Crippen LogP contribution in [-0.4, -0.2) is 29.0 Å². The molecule has 1 aromatic rings. The summed E-state index contributed by atoms with van der Waals surface area (Å²) in [5.41, 5.74) is 5.95. The van der Waals surface area contributed by atoms with Gasteiger partial charge in [0.25, 0.3) is 5.69 Å². The minimum absolute atomic E-state index is 0.0443. The first-order valence-corrected chi connectivity index (χ1v) is 6.41. The summed E-state index contributed by atoms with van der Waals surface area (Å²) in [6.07, 6.45) is 1.83. The molecule has 0 unspecified atom stereocenters. The fourth-order valence-electron chi connectivity index (χ4n) is 1.91. The van der Waals surface area contributed by atoms with Crippen LogP contribution in [0.5, 0.6) is 0 Å². The molecule has 1 rings (SSSR count). The van der Waals surface area contributed by atoms with Gasteiger partial charge < -0.3 is 15.7 Å². The highest BCUT2D eigenvalue weighted by molar-refractivity contribution is 5.79. The van der Waals surface area contributed by atoms with Gasteiger partial charge in [-0.15, -0.1) is 0 Å². The third-order valence-corrected chi connectivity index (χ3v) is 2.92. The zero-order valence-corrected chi connectivity index (χ0v) is 11.4. The maximum atomic E-state index is 11.1. The van der Waals surface area contributed by atoms with Gasteiger partial charge in [-0.2, -0.15) is 0 Å². The molecule has 0 saturated carbocycles. The first kappa shape index (κ1) is 15.9. The van der Waals surface area contributed by atoms with Crippen molar-refractivity contribution in [1.29, 1.82) is 0 Å². The van der Waals surface area contributed by atoms with E-state index in [9.17, 15) is 20.0 Å². The molecular formula is C13H19N3O4. The number of unbranched alkanes of at least 4 members (excludes halogenated alkanes) is 1. The number of nitrogens with zero attached hydrogens (tertiary/aromatic N) is 2. The largest absolute Gasteiger partial charge is 0.391 e. The Morgan fingerprint density at radius 1 is 1.50 bits per heavy atom. The summed E-state index contributed by atoms with van der Waals surface area (Å²) in [4.78, 5) is 23.1. The molecule has 7 nitrogen and oxygen atoms in total. The standard InChI is InChI=1S/C13H19N3O4/c1-2-3-6-15(8-13(14)18)11-4-5-12(16(19)20)10(7-11)9-17/h4-5,7,17H,2-3,6,8-9H2,1H3,(H2,14,18). The molecule has 0 saturated heterocycles. The van der Waals surface area contributed by atoms with E-state index in [1.807, 2.05) is 6.92 Å². The van der Waals surface area contributed by atoms with Gasteiger partial charge in [-0.1, -0.05) is 13.3 Å². The molecule has 0 aliphatic heterocycles. The fraction of sp³-hybridized carbons (Fsp3) is 0.462. The second-order valence-electron chi connectivity index (χ2n) is 4.47. The number of rotatable bonds is 8. The van der Waals surface area contributed by atoms with Crippen molar-refractivity contribution >= 4 is 17.3 Å². The van der Waals surface area contributed by atoms with Gasteiger partial charge in [0.2, 0.25) is 5.91 Å². The Morgan fingerprint density at radius 2 is 2.20 bits per heavy atom. The van der Waals surface area contributed by atoms with Gasteiger partial charge in [0.15, 0.2) is 0 Å². The molecule has 0 bridgehead atoms. The molecule has 7 heteroatoms. The Balaban J connectivity index is 3.06. The monoisotopic (exact) mass is 281 g/mol. The third kappa shape index (κ3) is 4.20. The summed E-state index contributed by atoms with van der Waals surface area (Å²) in [5, 5.41) is 20.0. The molecule has 0 aliphatic rings. The Labute approximate surface area is 117 Å². The second kappa shape index (κ2) is 7.44. The number of benzene rings is 1. The zero-order chi connectivity index (χ0) is 15.1. The second-order valence-corrected chi connectivity index (χ2v) is 4.47. The lowest BCUT2D eigenvalue weighted by Crippen LogP contribution is -2.34. The highest BCUT2D eigenvalue weighted by atomic mass is 16.6. The van der Waals surface area contributed by atoms with Crippen LogP contribution in [0.4, 0.5) is 11.4 Å². The smallest absolute Gasteiger partial charge is 0.275 e.